The van der Waals surface area contributed by atoms with Crippen LogP contribution < -0.4 is 5.32 Å². The van der Waals surface area contributed by atoms with Crippen LogP contribution in [-0.2, 0) is 19.6 Å². The van der Waals surface area contributed by atoms with Gasteiger partial charge in [-0.1, -0.05) is 35.9 Å². The summed E-state index contributed by atoms with van der Waals surface area (Å²) in [6, 6.07) is 20.1. The van der Waals surface area contributed by atoms with E-state index in [0.29, 0.717) is 0 Å². The van der Waals surface area contributed by atoms with Crippen molar-refractivity contribution in [2.24, 2.45) is 0 Å². The molecule has 1 aromatic carbocycles. The highest BCUT2D eigenvalue weighted by molar-refractivity contribution is 6.30. The molecule has 26 heavy (non-hydrogen) atoms. The molecule has 3 rings (SSSR count). The van der Waals surface area contributed by atoms with Crippen LogP contribution in [0.15, 0.2) is 73.1 Å². The molecule has 2 aromatic heterocycles. The molecule has 0 saturated carbocycles. The molecule has 0 atom stereocenters. The maximum atomic E-state index is 6.00. The lowest BCUT2D eigenvalue weighted by atomic mass is 10.2. The van der Waals surface area contributed by atoms with Gasteiger partial charge in [-0.3, -0.25) is 14.9 Å². The molecule has 0 radical (unpaired) electrons. The molecule has 0 fully saturated rings. The quantitative estimate of drug-likeness (QED) is 0.583. The number of nitrogens with one attached hydrogen (secondary N) is 1. The van der Waals surface area contributed by atoms with Crippen LogP contribution in [0.25, 0.3) is 0 Å². The molecule has 0 unspecified atom stereocenters. The number of rotatable bonds is 9. The van der Waals surface area contributed by atoms with Crippen LogP contribution in [0.4, 0.5) is 0 Å². The fourth-order valence-corrected chi connectivity index (χ4v) is 2.87. The number of nitrogens with zero attached hydrogens (tertiary/aromatic N) is 3. The van der Waals surface area contributed by atoms with Gasteiger partial charge in [0.2, 0.25) is 0 Å². The Kier molecular flexibility index (Phi) is 7.14. The van der Waals surface area contributed by atoms with E-state index < -0.39 is 0 Å². The smallest absolute Gasteiger partial charge is 0.0544 e. The molecule has 3 aromatic rings. The van der Waals surface area contributed by atoms with Gasteiger partial charge in [-0.2, -0.15) is 0 Å². The number of halogens is 1. The Morgan fingerprint density at radius 2 is 1.50 bits per heavy atom. The molecule has 0 amide bonds. The van der Waals surface area contributed by atoms with Crippen LogP contribution in [0.2, 0.25) is 5.02 Å². The van der Waals surface area contributed by atoms with E-state index in [1.54, 1.807) is 0 Å². The topological polar surface area (TPSA) is 41.0 Å². The molecule has 5 heteroatoms. The van der Waals surface area contributed by atoms with Gasteiger partial charge in [0.1, 0.15) is 0 Å². The standard InChI is InChI=1S/C21H23ClN4/c22-19-9-7-18(8-10-19)16-26(17-21-6-2-4-12-25-21)14-13-23-15-20-5-1-3-11-24-20/h1-12,23H,13-17H2. The van der Waals surface area contributed by atoms with E-state index in [-0.39, 0.29) is 0 Å². The van der Waals surface area contributed by atoms with Crippen molar-refractivity contribution in [2.45, 2.75) is 19.6 Å². The molecule has 2 heterocycles. The van der Waals surface area contributed by atoms with Gasteiger partial charge in [0.25, 0.3) is 0 Å². The minimum Gasteiger partial charge on any atom is -0.310 e. The first kappa shape index (κ1) is 18.5. The molecule has 0 spiro atoms. The van der Waals surface area contributed by atoms with Crippen molar-refractivity contribution in [1.82, 2.24) is 20.2 Å². The van der Waals surface area contributed by atoms with Crippen molar-refractivity contribution in [3.63, 3.8) is 0 Å². The SMILES string of the molecule is Clc1ccc(CN(CCNCc2ccccn2)Cc2ccccn2)cc1. The average molecular weight is 367 g/mol. The van der Waals surface area contributed by atoms with Gasteiger partial charge in [0, 0.05) is 50.1 Å². The first-order valence-corrected chi connectivity index (χ1v) is 9.15. The van der Waals surface area contributed by atoms with E-state index >= 15 is 0 Å². The second kappa shape index (κ2) is 10.0. The number of benzene rings is 1. The maximum absolute atomic E-state index is 6.00. The minimum absolute atomic E-state index is 0.766. The summed E-state index contributed by atoms with van der Waals surface area (Å²) in [7, 11) is 0. The van der Waals surface area contributed by atoms with Crippen molar-refractivity contribution in [1.29, 1.82) is 0 Å². The van der Waals surface area contributed by atoms with Crippen LogP contribution in [0.1, 0.15) is 17.0 Å². The summed E-state index contributed by atoms with van der Waals surface area (Å²) >= 11 is 6.00. The summed E-state index contributed by atoms with van der Waals surface area (Å²) in [6.07, 6.45) is 3.67. The zero-order valence-corrected chi connectivity index (χ0v) is 15.4. The van der Waals surface area contributed by atoms with E-state index in [0.717, 1.165) is 49.1 Å². The van der Waals surface area contributed by atoms with Crippen LogP contribution in [0.5, 0.6) is 0 Å². The van der Waals surface area contributed by atoms with Crippen molar-refractivity contribution < 1.29 is 0 Å². The average Bonchev–Trinajstić information content (AvgIpc) is 2.68. The van der Waals surface area contributed by atoms with Crippen molar-refractivity contribution in [2.75, 3.05) is 13.1 Å². The van der Waals surface area contributed by atoms with E-state index in [9.17, 15) is 0 Å². The third-order valence-electron chi connectivity index (χ3n) is 4.07. The molecule has 1 N–H and O–H groups in total. The highest BCUT2D eigenvalue weighted by Gasteiger charge is 2.08. The predicted molar refractivity (Wildman–Crippen MR) is 106 cm³/mol. The molecule has 0 saturated heterocycles. The van der Waals surface area contributed by atoms with Crippen molar-refractivity contribution in [3.8, 4) is 0 Å². The van der Waals surface area contributed by atoms with Gasteiger partial charge in [-0.15, -0.1) is 0 Å². The van der Waals surface area contributed by atoms with Gasteiger partial charge in [-0.25, -0.2) is 0 Å². The van der Waals surface area contributed by atoms with Gasteiger partial charge < -0.3 is 5.32 Å². The van der Waals surface area contributed by atoms with Crippen LogP contribution >= 0.6 is 11.6 Å². The number of hydrogen-bond acceptors (Lipinski definition) is 4. The third-order valence-corrected chi connectivity index (χ3v) is 4.32. The summed E-state index contributed by atoms with van der Waals surface area (Å²) in [6.45, 7) is 4.26. The van der Waals surface area contributed by atoms with Gasteiger partial charge >= 0.3 is 0 Å². The zero-order valence-electron chi connectivity index (χ0n) is 14.7. The molecule has 0 aliphatic carbocycles. The minimum atomic E-state index is 0.766. The number of pyridine rings is 2. The Morgan fingerprint density at radius 3 is 2.15 bits per heavy atom. The summed E-state index contributed by atoms with van der Waals surface area (Å²) in [5.74, 6) is 0. The Labute approximate surface area is 159 Å². The number of hydrogen-bond donors (Lipinski definition) is 1. The van der Waals surface area contributed by atoms with Crippen LogP contribution in [0, 0.1) is 0 Å². The van der Waals surface area contributed by atoms with E-state index in [2.05, 4.69) is 38.4 Å². The summed E-state index contributed by atoms with van der Waals surface area (Å²) in [4.78, 5) is 11.2. The lowest BCUT2D eigenvalue weighted by Gasteiger charge is -2.22. The Bertz CT molecular complexity index is 763. The van der Waals surface area contributed by atoms with Gasteiger partial charge in [0.05, 0.1) is 11.4 Å². The molecule has 4 nitrogen and oxygen atoms in total. The fraction of sp³-hybridized carbons (Fsp3) is 0.238. The Morgan fingerprint density at radius 1 is 0.808 bits per heavy atom. The molecule has 0 bridgehead atoms. The van der Waals surface area contributed by atoms with E-state index in [1.807, 2.05) is 54.9 Å². The maximum Gasteiger partial charge on any atom is 0.0544 e. The molecule has 134 valence electrons. The van der Waals surface area contributed by atoms with Gasteiger partial charge in [-0.05, 0) is 42.0 Å². The summed E-state index contributed by atoms with van der Waals surface area (Å²) < 4.78 is 0. The predicted octanol–water partition coefficient (Wildman–Crippen LogP) is 3.92. The monoisotopic (exact) mass is 366 g/mol. The number of aromatic nitrogens is 2. The highest BCUT2D eigenvalue weighted by atomic mass is 35.5. The van der Waals surface area contributed by atoms with Gasteiger partial charge in [0.15, 0.2) is 0 Å². The Balaban J connectivity index is 1.56. The van der Waals surface area contributed by atoms with E-state index in [4.69, 9.17) is 11.6 Å². The molecular formula is C21H23ClN4. The lowest BCUT2D eigenvalue weighted by Crippen LogP contribution is -2.31. The van der Waals surface area contributed by atoms with E-state index in [1.165, 1.54) is 5.56 Å². The first-order valence-electron chi connectivity index (χ1n) is 8.77. The highest BCUT2D eigenvalue weighted by Crippen LogP contribution is 2.13. The summed E-state index contributed by atoms with van der Waals surface area (Å²) in [5, 5.41) is 4.23. The van der Waals surface area contributed by atoms with Crippen LogP contribution in [0.3, 0.4) is 0 Å². The second-order valence-corrected chi connectivity index (χ2v) is 6.59. The molecule has 0 aliphatic rings. The van der Waals surface area contributed by atoms with Crippen LogP contribution in [-0.4, -0.2) is 28.0 Å². The lowest BCUT2D eigenvalue weighted by molar-refractivity contribution is 0.253. The normalized spacial score (nSPS) is 11.0. The van der Waals surface area contributed by atoms with Crippen molar-refractivity contribution in [3.05, 3.63) is 95.0 Å². The molecule has 0 aliphatic heterocycles. The Hall–Kier alpha value is -2.27. The van der Waals surface area contributed by atoms with Crippen molar-refractivity contribution >= 4 is 11.6 Å². The fourth-order valence-electron chi connectivity index (χ4n) is 2.74. The zero-order chi connectivity index (χ0) is 18.0. The second-order valence-electron chi connectivity index (χ2n) is 6.16. The largest absolute Gasteiger partial charge is 0.310 e. The molecular weight excluding hydrogens is 344 g/mol. The first-order chi connectivity index (χ1) is 12.8. The third kappa shape index (κ3) is 6.23. The summed E-state index contributed by atoms with van der Waals surface area (Å²) in [5.41, 5.74) is 3.38.